The fraction of sp³-hybridized carbons (Fsp3) is 0.574. The zero-order valence-electron chi connectivity index (χ0n) is 36.3. The van der Waals surface area contributed by atoms with Crippen LogP contribution in [0.25, 0.3) is 0 Å². The number of aliphatic hydroxyl groups excluding tert-OH is 1. The molecule has 0 spiro atoms. The molecular weight excluding hydrogens is 891 g/mol. The van der Waals surface area contributed by atoms with Crippen molar-refractivity contribution in [3.8, 4) is 0 Å². The van der Waals surface area contributed by atoms with Crippen molar-refractivity contribution in [3.63, 3.8) is 0 Å². The van der Waals surface area contributed by atoms with Crippen LogP contribution in [0.3, 0.4) is 0 Å². The number of carbonyl (C=O) groups excluding carboxylic acids is 2. The predicted molar refractivity (Wildman–Crippen MR) is 245 cm³/mol. The number of rotatable bonds is 12. The first kappa shape index (κ1) is 56.6. The molecular formula is C47H70BrClF3N3O7. The normalized spacial score (nSPS) is 20.9. The van der Waals surface area contributed by atoms with Gasteiger partial charge in [-0.1, -0.05) is 59.8 Å². The lowest BCUT2D eigenvalue weighted by atomic mass is 9.81. The number of ether oxygens (including phenoxy) is 4. The van der Waals surface area contributed by atoms with Crippen molar-refractivity contribution in [2.75, 3.05) is 19.8 Å². The number of nitrogens with two attached hydrogens (primary N) is 1. The highest BCUT2D eigenvalue weighted by Crippen LogP contribution is 2.29. The summed E-state index contributed by atoms with van der Waals surface area (Å²) >= 11 is 3.26. The van der Waals surface area contributed by atoms with E-state index in [-0.39, 0.29) is 68.2 Å². The monoisotopic (exact) mass is 959 g/mol. The van der Waals surface area contributed by atoms with Crippen LogP contribution < -0.4 is 16.4 Å². The van der Waals surface area contributed by atoms with Crippen LogP contribution in [0.5, 0.6) is 0 Å². The quantitative estimate of drug-likeness (QED) is 0.132. The zero-order valence-corrected chi connectivity index (χ0v) is 38.7. The zero-order chi connectivity index (χ0) is 44.3. The number of benzene rings is 3. The molecule has 10 nitrogen and oxygen atoms in total. The number of carbonyl (C=O) groups is 2. The van der Waals surface area contributed by atoms with E-state index < -0.39 is 11.2 Å². The highest BCUT2D eigenvalue weighted by Gasteiger charge is 2.32. The summed E-state index contributed by atoms with van der Waals surface area (Å²) in [5.74, 6) is 0.818. The number of nitrogens with one attached hydrogen (secondary N) is 2. The van der Waals surface area contributed by atoms with E-state index >= 15 is 0 Å². The third-order valence-corrected chi connectivity index (χ3v) is 10.2. The molecule has 5 N–H and O–H groups in total. The molecule has 0 radical (unpaired) electrons. The predicted octanol–water partition coefficient (Wildman–Crippen LogP) is 10.8. The largest absolute Gasteiger partial charge is 0.444 e. The molecule has 0 heterocycles. The molecule has 3 aliphatic rings. The van der Waals surface area contributed by atoms with Gasteiger partial charge in [0.2, 0.25) is 0 Å². The van der Waals surface area contributed by atoms with Crippen LogP contribution in [-0.4, -0.2) is 66.4 Å². The van der Waals surface area contributed by atoms with Crippen molar-refractivity contribution in [1.82, 2.24) is 10.6 Å². The summed E-state index contributed by atoms with van der Waals surface area (Å²) in [6.07, 6.45) is 4.95. The molecule has 62 heavy (non-hydrogen) atoms. The van der Waals surface area contributed by atoms with Crippen molar-refractivity contribution in [2.24, 2.45) is 23.5 Å². The lowest BCUT2D eigenvalue weighted by Crippen LogP contribution is -2.47. The molecule has 6 rings (SSSR count). The minimum absolute atomic E-state index is 0. The van der Waals surface area contributed by atoms with E-state index in [4.69, 9.17) is 29.8 Å². The fourth-order valence-electron chi connectivity index (χ4n) is 6.29. The van der Waals surface area contributed by atoms with Gasteiger partial charge in [-0.15, -0.1) is 12.4 Å². The van der Waals surface area contributed by atoms with Gasteiger partial charge in [0.1, 0.15) is 28.7 Å². The summed E-state index contributed by atoms with van der Waals surface area (Å²) < 4.78 is 59.0. The van der Waals surface area contributed by atoms with Crippen LogP contribution in [0.1, 0.15) is 104 Å². The summed E-state index contributed by atoms with van der Waals surface area (Å²) in [5, 5.41) is 15.2. The average Bonchev–Trinajstić information content (AvgIpc) is 3.12. The summed E-state index contributed by atoms with van der Waals surface area (Å²) in [6, 6.07) is 19.9. The maximum absolute atomic E-state index is 12.8. The van der Waals surface area contributed by atoms with Crippen LogP contribution in [-0.2, 0) is 37.5 Å². The Kier molecular flexibility index (Phi) is 25.9. The van der Waals surface area contributed by atoms with E-state index in [1.54, 1.807) is 36.4 Å². The van der Waals surface area contributed by atoms with Crippen LogP contribution in [0.4, 0.5) is 22.8 Å². The smallest absolute Gasteiger partial charge is 0.407 e. The lowest BCUT2D eigenvalue weighted by molar-refractivity contribution is 0.0282. The molecule has 0 bridgehead atoms. The average molecular weight is 961 g/mol. The van der Waals surface area contributed by atoms with Gasteiger partial charge in [0, 0.05) is 43.3 Å². The van der Waals surface area contributed by atoms with E-state index in [9.17, 15) is 22.8 Å². The highest BCUT2D eigenvalue weighted by molar-refractivity contribution is 9.08. The SMILES string of the molecule is C.CC(C)(C)OC(=O)NC1CC(CO)C1.CC(C)(C)OC(=O)NC1CC(COCc2ccc(F)cc2)C1.Cl.Fc1ccc(CBr)cc1.NC1CC(COCc2ccc(F)cc2)C1. The second-order valence-corrected chi connectivity index (χ2v) is 18.2. The third-order valence-electron chi connectivity index (χ3n) is 9.58. The van der Waals surface area contributed by atoms with Crippen molar-refractivity contribution in [3.05, 3.63) is 107 Å². The number of halogens is 5. The van der Waals surface area contributed by atoms with E-state index in [1.165, 1.54) is 36.4 Å². The molecule has 0 saturated heterocycles. The topological polar surface area (TPSA) is 141 Å². The lowest BCUT2D eigenvalue weighted by Gasteiger charge is -2.36. The van der Waals surface area contributed by atoms with Gasteiger partial charge in [0.05, 0.1) is 13.2 Å². The summed E-state index contributed by atoms with van der Waals surface area (Å²) in [7, 11) is 0. The van der Waals surface area contributed by atoms with Crippen molar-refractivity contribution >= 4 is 40.5 Å². The minimum atomic E-state index is -0.467. The summed E-state index contributed by atoms with van der Waals surface area (Å²) in [6.45, 7) is 13.7. The third kappa shape index (κ3) is 24.4. The number of alkyl carbamates (subject to hydrolysis) is 2. The summed E-state index contributed by atoms with van der Waals surface area (Å²) in [5.41, 5.74) is 7.83. The number of hydrogen-bond acceptors (Lipinski definition) is 8. The number of aliphatic hydroxyl groups is 1. The molecule has 15 heteroatoms. The molecule has 2 amide bonds. The molecule has 0 aromatic heterocycles. The summed E-state index contributed by atoms with van der Waals surface area (Å²) in [4.78, 5) is 22.9. The first-order chi connectivity index (χ1) is 28.3. The van der Waals surface area contributed by atoms with Crippen LogP contribution in [0, 0.1) is 35.2 Å². The van der Waals surface area contributed by atoms with Gasteiger partial charge in [-0.2, -0.15) is 0 Å². The molecule has 3 aromatic rings. The van der Waals surface area contributed by atoms with E-state index in [0.717, 1.165) is 67.2 Å². The molecule has 3 aliphatic carbocycles. The van der Waals surface area contributed by atoms with Crippen molar-refractivity contribution < 1.29 is 46.8 Å². The Balaban J connectivity index is 0.000000427. The molecule has 0 aliphatic heterocycles. The van der Waals surface area contributed by atoms with Gasteiger partial charge in [-0.05, 0) is 151 Å². The molecule has 3 saturated carbocycles. The van der Waals surface area contributed by atoms with E-state index in [0.29, 0.717) is 43.6 Å². The standard InChI is InChI=1S/C17H24FNO3.C12H16FNO.C10H19NO3.C7H6BrF.CH4.ClH/c1-17(2,3)22-16(20)19-15-8-13(9-15)11-21-10-12-4-6-14(18)7-5-12;13-11-3-1-9(2-4-11)7-15-8-10-5-12(14)6-10;1-10(2,3)14-9(13)11-8-4-7(5-8)6-12;8-5-6-1-3-7(9)4-2-6;;/h4-7,13,15H,8-11H2,1-3H3,(H,19,20);1-4,10,12H,5-8,14H2;7-8,12H,4-6H2,1-3H3,(H,11,13);1-4H,5H2;1H4;1H. The molecule has 0 atom stereocenters. The molecule has 3 fully saturated rings. The van der Waals surface area contributed by atoms with E-state index in [1.807, 2.05) is 41.5 Å². The van der Waals surface area contributed by atoms with Gasteiger partial charge in [0.15, 0.2) is 0 Å². The van der Waals surface area contributed by atoms with Crippen LogP contribution >= 0.6 is 28.3 Å². The molecule has 0 unspecified atom stereocenters. The highest BCUT2D eigenvalue weighted by atomic mass is 79.9. The second kappa shape index (κ2) is 28.4. The van der Waals surface area contributed by atoms with Gasteiger partial charge >= 0.3 is 12.2 Å². The minimum Gasteiger partial charge on any atom is -0.444 e. The molecule has 350 valence electrons. The van der Waals surface area contributed by atoms with Gasteiger partial charge in [0.25, 0.3) is 0 Å². The van der Waals surface area contributed by atoms with Crippen LogP contribution in [0.2, 0.25) is 0 Å². The van der Waals surface area contributed by atoms with Crippen molar-refractivity contribution in [2.45, 2.75) is 135 Å². The first-order valence-corrected chi connectivity index (χ1v) is 21.7. The molecule has 3 aromatic carbocycles. The Hall–Kier alpha value is -3.40. The Morgan fingerprint density at radius 2 is 0.952 bits per heavy atom. The van der Waals surface area contributed by atoms with Crippen molar-refractivity contribution in [1.29, 1.82) is 0 Å². The van der Waals surface area contributed by atoms with Crippen LogP contribution in [0.15, 0.2) is 72.8 Å². The Morgan fingerprint density at radius 1 is 0.629 bits per heavy atom. The Bertz CT molecular complexity index is 1680. The maximum atomic E-state index is 12.8. The number of amides is 2. The number of alkyl halides is 1. The Labute approximate surface area is 382 Å². The number of hydrogen-bond donors (Lipinski definition) is 4. The van der Waals surface area contributed by atoms with E-state index in [2.05, 4.69) is 26.6 Å². The van der Waals surface area contributed by atoms with Gasteiger partial charge in [-0.25, -0.2) is 22.8 Å². The fourth-order valence-corrected chi connectivity index (χ4v) is 6.66. The van der Waals surface area contributed by atoms with Gasteiger partial charge < -0.3 is 40.4 Å². The first-order valence-electron chi connectivity index (χ1n) is 20.6. The van der Waals surface area contributed by atoms with Gasteiger partial charge in [-0.3, -0.25) is 0 Å². The second-order valence-electron chi connectivity index (χ2n) is 17.7. The Morgan fingerprint density at radius 3 is 1.26 bits per heavy atom. The maximum Gasteiger partial charge on any atom is 0.407 e.